The summed E-state index contributed by atoms with van der Waals surface area (Å²) < 4.78 is 11.7. The number of ether oxygens (including phenoxy) is 2. The van der Waals surface area contributed by atoms with Gasteiger partial charge in [0.1, 0.15) is 11.3 Å². The van der Waals surface area contributed by atoms with Gasteiger partial charge in [-0.1, -0.05) is 30.4 Å². The first-order valence-electron chi connectivity index (χ1n) is 9.71. The number of nitrogens with zero attached hydrogens (tertiary/aromatic N) is 1. The van der Waals surface area contributed by atoms with Crippen LogP contribution in [0, 0.1) is 0 Å². The molecule has 1 amide bonds. The molecule has 2 atom stereocenters. The van der Waals surface area contributed by atoms with Crippen molar-refractivity contribution in [3.8, 4) is 0 Å². The van der Waals surface area contributed by atoms with E-state index in [1.54, 1.807) is 4.90 Å². The van der Waals surface area contributed by atoms with Crippen LogP contribution in [0.25, 0.3) is 0 Å². The minimum absolute atomic E-state index is 0.0326. The van der Waals surface area contributed by atoms with Crippen LogP contribution in [0.15, 0.2) is 37.0 Å². The van der Waals surface area contributed by atoms with Crippen LogP contribution in [-0.4, -0.2) is 34.5 Å². The molecule has 0 aromatic rings. The van der Waals surface area contributed by atoms with Gasteiger partial charge in [-0.05, 0) is 73.6 Å². The number of hydrogen-bond acceptors (Lipinski definition) is 3. The van der Waals surface area contributed by atoms with E-state index in [0.717, 1.165) is 19.3 Å². The molecule has 4 heteroatoms. The van der Waals surface area contributed by atoms with Crippen molar-refractivity contribution in [3.63, 3.8) is 0 Å². The number of unbranched alkanes of at least 4 members (excludes halogenated alkanes) is 3. The van der Waals surface area contributed by atoms with E-state index in [2.05, 4.69) is 30.9 Å². The van der Waals surface area contributed by atoms with Crippen molar-refractivity contribution in [1.82, 2.24) is 4.90 Å². The van der Waals surface area contributed by atoms with Gasteiger partial charge in [-0.15, -0.1) is 6.58 Å². The van der Waals surface area contributed by atoms with E-state index in [-0.39, 0.29) is 18.2 Å². The summed E-state index contributed by atoms with van der Waals surface area (Å²) in [6, 6.07) is -0.0348. The maximum atomic E-state index is 12.5. The standard InChI is InChI=1S/C22H37NO3/c1-8-9-10-11-12-13-14-15-16-17-19-18(2)23(22(6,7)25-19)20(24)26-21(3,4)5/h8,13-16,18-19H,1,9-12,17H2,2-7H3/b14-13+,16-15+/t18-,19-/m0/s1. The Bertz CT molecular complexity index is 514. The number of allylic oxidation sites excluding steroid dienone is 4. The van der Waals surface area contributed by atoms with E-state index < -0.39 is 11.3 Å². The summed E-state index contributed by atoms with van der Waals surface area (Å²) in [5.41, 5.74) is -1.18. The zero-order chi connectivity index (χ0) is 19.8. The van der Waals surface area contributed by atoms with Crippen LogP contribution in [0.4, 0.5) is 4.79 Å². The van der Waals surface area contributed by atoms with Crippen LogP contribution in [-0.2, 0) is 9.47 Å². The average molecular weight is 364 g/mol. The summed E-state index contributed by atoms with van der Waals surface area (Å²) >= 11 is 0. The lowest BCUT2D eigenvalue weighted by Gasteiger charge is -2.34. The highest BCUT2D eigenvalue weighted by Gasteiger charge is 2.48. The third kappa shape index (κ3) is 7.36. The van der Waals surface area contributed by atoms with Gasteiger partial charge in [0.05, 0.1) is 12.1 Å². The number of amides is 1. The first-order valence-corrected chi connectivity index (χ1v) is 9.71. The van der Waals surface area contributed by atoms with Crippen molar-refractivity contribution in [2.24, 2.45) is 0 Å². The highest BCUT2D eigenvalue weighted by Crippen LogP contribution is 2.34. The molecule has 0 aromatic heterocycles. The molecule has 4 nitrogen and oxygen atoms in total. The summed E-state index contributed by atoms with van der Waals surface area (Å²) in [7, 11) is 0. The van der Waals surface area contributed by atoms with Crippen molar-refractivity contribution < 1.29 is 14.3 Å². The summed E-state index contributed by atoms with van der Waals surface area (Å²) in [6.45, 7) is 15.2. The lowest BCUT2D eigenvalue weighted by atomic mass is 10.1. The van der Waals surface area contributed by atoms with Crippen LogP contribution in [0.3, 0.4) is 0 Å². The van der Waals surface area contributed by atoms with Gasteiger partial charge in [-0.2, -0.15) is 0 Å². The summed E-state index contributed by atoms with van der Waals surface area (Å²) in [6.07, 6.45) is 15.4. The Labute approximate surface area is 159 Å². The van der Waals surface area contributed by atoms with Crippen LogP contribution >= 0.6 is 0 Å². The molecular weight excluding hydrogens is 326 g/mol. The molecule has 148 valence electrons. The van der Waals surface area contributed by atoms with E-state index in [9.17, 15) is 4.79 Å². The van der Waals surface area contributed by atoms with Gasteiger partial charge in [0.15, 0.2) is 0 Å². The Morgan fingerprint density at radius 3 is 2.42 bits per heavy atom. The fourth-order valence-corrected chi connectivity index (χ4v) is 3.14. The van der Waals surface area contributed by atoms with E-state index in [1.165, 1.54) is 12.8 Å². The van der Waals surface area contributed by atoms with Gasteiger partial charge in [-0.3, -0.25) is 4.90 Å². The van der Waals surface area contributed by atoms with Crippen LogP contribution < -0.4 is 0 Å². The van der Waals surface area contributed by atoms with Gasteiger partial charge in [0, 0.05) is 0 Å². The Kier molecular flexibility index (Phi) is 8.61. The maximum Gasteiger partial charge on any atom is 0.412 e. The van der Waals surface area contributed by atoms with Gasteiger partial charge < -0.3 is 9.47 Å². The second-order valence-corrected chi connectivity index (χ2v) is 8.36. The second-order valence-electron chi connectivity index (χ2n) is 8.36. The minimum Gasteiger partial charge on any atom is -0.444 e. The Balaban J connectivity index is 2.51. The smallest absolute Gasteiger partial charge is 0.412 e. The SMILES string of the molecule is C=CCCCC/C=C/C=C/C[C@@H]1OC(C)(C)N(C(=O)OC(C)(C)C)[C@H]1C. The highest BCUT2D eigenvalue weighted by atomic mass is 16.6. The molecule has 0 bridgehead atoms. The molecule has 1 fully saturated rings. The summed E-state index contributed by atoms with van der Waals surface area (Å²) in [4.78, 5) is 14.3. The monoisotopic (exact) mass is 363 g/mol. The quantitative estimate of drug-likeness (QED) is 0.302. The molecule has 26 heavy (non-hydrogen) atoms. The Hall–Kier alpha value is -1.55. The lowest BCUT2D eigenvalue weighted by molar-refractivity contribution is -0.0779. The number of carbonyl (C=O) groups excluding carboxylic acids is 1. The molecule has 1 aliphatic heterocycles. The normalized spacial score (nSPS) is 23.1. The summed E-state index contributed by atoms with van der Waals surface area (Å²) in [5, 5.41) is 0. The molecule has 1 saturated heterocycles. The fourth-order valence-electron chi connectivity index (χ4n) is 3.14. The first-order chi connectivity index (χ1) is 12.1. The number of hydrogen-bond donors (Lipinski definition) is 0. The zero-order valence-corrected chi connectivity index (χ0v) is 17.5. The molecule has 0 aliphatic carbocycles. The number of carbonyl (C=O) groups is 1. The average Bonchev–Trinajstić information content (AvgIpc) is 2.72. The van der Waals surface area contributed by atoms with Gasteiger partial charge >= 0.3 is 6.09 Å². The minimum atomic E-state index is -0.665. The van der Waals surface area contributed by atoms with E-state index in [4.69, 9.17) is 9.47 Å². The number of rotatable bonds is 8. The molecule has 1 rings (SSSR count). The predicted octanol–water partition coefficient (Wildman–Crippen LogP) is 6.00. The Morgan fingerprint density at radius 2 is 1.81 bits per heavy atom. The van der Waals surface area contributed by atoms with Crippen LogP contribution in [0.5, 0.6) is 0 Å². The van der Waals surface area contributed by atoms with Crippen LogP contribution in [0.2, 0.25) is 0 Å². The van der Waals surface area contributed by atoms with Gasteiger partial charge in [0.25, 0.3) is 0 Å². The largest absolute Gasteiger partial charge is 0.444 e. The van der Waals surface area contributed by atoms with Crippen molar-refractivity contribution in [2.75, 3.05) is 0 Å². The van der Waals surface area contributed by atoms with E-state index >= 15 is 0 Å². The van der Waals surface area contributed by atoms with E-state index in [0.29, 0.717) is 0 Å². The maximum absolute atomic E-state index is 12.5. The van der Waals surface area contributed by atoms with Gasteiger partial charge in [0.2, 0.25) is 0 Å². The molecule has 0 aromatic carbocycles. The predicted molar refractivity (Wildman–Crippen MR) is 108 cm³/mol. The summed E-state index contributed by atoms with van der Waals surface area (Å²) in [5.74, 6) is 0. The van der Waals surface area contributed by atoms with E-state index in [1.807, 2.05) is 47.6 Å². The van der Waals surface area contributed by atoms with Crippen LogP contribution in [0.1, 0.15) is 73.6 Å². The molecule has 0 saturated carbocycles. The molecule has 0 radical (unpaired) electrons. The molecular formula is C22H37NO3. The van der Waals surface area contributed by atoms with Crippen molar-refractivity contribution in [2.45, 2.75) is 97.1 Å². The third-order valence-corrected chi connectivity index (χ3v) is 4.34. The van der Waals surface area contributed by atoms with Crippen molar-refractivity contribution in [1.29, 1.82) is 0 Å². The second kappa shape index (κ2) is 9.96. The topological polar surface area (TPSA) is 38.8 Å². The fraction of sp³-hybridized carbons (Fsp3) is 0.682. The third-order valence-electron chi connectivity index (χ3n) is 4.34. The van der Waals surface area contributed by atoms with Gasteiger partial charge in [-0.25, -0.2) is 4.79 Å². The molecule has 0 unspecified atom stereocenters. The molecule has 0 spiro atoms. The zero-order valence-electron chi connectivity index (χ0n) is 17.5. The molecule has 1 aliphatic rings. The Morgan fingerprint density at radius 1 is 1.19 bits per heavy atom. The highest BCUT2D eigenvalue weighted by molar-refractivity contribution is 5.69. The molecule has 0 N–H and O–H groups in total. The van der Waals surface area contributed by atoms with Crippen molar-refractivity contribution in [3.05, 3.63) is 37.0 Å². The lowest BCUT2D eigenvalue weighted by Crippen LogP contribution is -2.49. The first kappa shape index (κ1) is 22.5. The molecule has 1 heterocycles. The van der Waals surface area contributed by atoms with Crippen molar-refractivity contribution >= 4 is 6.09 Å².